The van der Waals surface area contributed by atoms with Crippen LogP contribution in [0.2, 0.25) is 58.9 Å². The van der Waals surface area contributed by atoms with E-state index in [1.807, 2.05) is 12.1 Å². The van der Waals surface area contributed by atoms with Gasteiger partial charge < -0.3 is 4.42 Å². The average Bonchev–Trinajstić information content (AvgIpc) is 3.04. The first-order chi connectivity index (χ1) is 14.8. The van der Waals surface area contributed by atoms with Gasteiger partial charge in [0.1, 0.15) is 11.2 Å². The van der Waals surface area contributed by atoms with Crippen LogP contribution in [0.3, 0.4) is 0 Å². The number of rotatable bonds is 5. The van der Waals surface area contributed by atoms with Crippen molar-refractivity contribution >= 4 is 56.5 Å². The maximum absolute atomic E-state index is 6.29. The highest BCUT2D eigenvalue weighted by molar-refractivity contribution is 7.92. The van der Waals surface area contributed by atoms with E-state index in [0.717, 1.165) is 22.4 Å². The zero-order valence-corrected chi connectivity index (χ0v) is 25.1. The normalized spacial score (nSPS) is 13.8. The second-order valence-corrected chi connectivity index (χ2v) is 52.5. The highest BCUT2D eigenvalue weighted by Gasteiger charge is 2.62. The van der Waals surface area contributed by atoms with E-state index in [1.54, 1.807) is 5.19 Å². The van der Waals surface area contributed by atoms with E-state index in [1.165, 1.54) is 10.8 Å². The standard InChI is InChI=1S/C26H37NOSi4/c1-29(2,3)32(30(4,5)6,31(7,8)9)20-17-18-24(27-19-20)23-15-12-14-22-21-13-10-11-16-25(21)28-26(22)23/h10-19H,1-9H3. The van der Waals surface area contributed by atoms with E-state index in [-0.39, 0.29) is 0 Å². The number of fused-ring (bicyclic) bond motifs is 3. The molecule has 2 heterocycles. The fraction of sp³-hybridized carbons (Fsp3) is 0.346. The highest BCUT2D eigenvalue weighted by Crippen LogP contribution is 2.38. The second kappa shape index (κ2) is 7.65. The summed E-state index contributed by atoms with van der Waals surface area (Å²) in [4.78, 5) is 5.12. The van der Waals surface area contributed by atoms with Crippen LogP contribution < -0.4 is 5.19 Å². The summed E-state index contributed by atoms with van der Waals surface area (Å²) < 4.78 is 6.29. The van der Waals surface area contributed by atoms with Gasteiger partial charge in [0.05, 0.1) is 12.3 Å². The molecule has 0 saturated carbocycles. The molecule has 4 aromatic rings. The molecule has 0 bridgehead atoms. The Bertz CT molecular complexity index is 1240. The van der Waals surface area contributed by atoms with Gasteiger partial charge in [-0.25, -0.2) is 0 Å². The van der Waals surface area contributed by atoms with Crippen molar-refractivity contribution in [2.24, 2.45) is 0 Å². The number of aromatic nitrogens is 1. The summed E-state index contributed by atoms with van der Waals surface area (Å²) in [6.07, 6.45) is 2.28. The zero-order valence-electron chi connectivity index (χ0n) is 21.1. The van der Waals surface area contributed by atoms with Crippen LogP contribution in [0.25, 0.3) is 33.2 Å². The molecule has 0 fully saturated rings. The summed E-state index contributed by atoms with van der Waals surface area (Å²) in [6, 6.07) is 19.5. The minimum Gasteiger partial charge on any atom is -0.455 e. The zero-order chi connectivity index (χ0) is 23.5. The first kappa shape index (κ1) is 23.4. The Balaban J connectivity index is 1.91. The van der Waals surface area contributed by atoms with E-state index in [4.69, 9.17) is 9.40 Å². The van der Waals surface area contributed by atoms with Crippen LogP contribution in [0, 0.1) is 0 Å². The van der Waals surface area contributed by atoms with Crippen LogP contribution >= 0.6 is 0 Å². The summed E-state index contributed by atoms with van der Waals surface area (Å²) in [5.74, 6) is 0. The third-order valence-corrected chi connectivity index (χ3v) is 78.5. The Morgan fingerprint density at radius 3 is 1.78 bits per heavy atom. The summed E-state index contributed by atoms with van der Waals surface area (Å²) in [6.45, 7) is 22.1. The second-order valence-electron chi connectivity index (χ2n) is 12.2. The van der Waals surface area contributed by atoms with Gasteiger partial charge in [0.2, 0.25) is 0 Å². The van der Waals surface area contributed by atoms with Gasteiger partial charge >= 0.3 is 0 Å². The Morgan fingerprint density at radius 2 is 1.22 bits per heavy atom. The van der Waals surface area contributed by atoms with Gasteiger partial charge in [0, 0.05) is 45.3 Å². The lowest BCUT2D eigenvalue weighted by Crippen LogP contribution is -2.88. The van der Waals surface area contributed by atoms with Crippen LogP contribution in [-0.2, 0) is 0 Å². The quantitative estimate of drug-likeness (QED) is 0.269. The molecule has 0 N–H and O–H groups in total. The third kappa shape index (κ3) is 3.43. The van der Waals surface area contributed by atoms with Gasteiger partial charge in [-0.3, -0.25) is 4.98 Å². The Labute approximate surface area is 196 Å². The molecule has 0 radical (unpaired) electrons. The van der Waals surface area contributed by atoms with Crippen molar-refractivity contribution in [1.29, 1.82) is 0 Å². The maximum atomic E-state index is 6.29. The number of hydrogen-bond acceptors (Lipinski definition) is 2. The van der Waals surface area contributed by atoms with Crippen molar-refractivity contribution in [3.8, 4) is 11.3 Å². The SMILES string of the molecule is C[Si](C)(C)[Si](c1ccc(-c2cccc3c2oc2ccccc23)nc1)([Si](C)(C)C)[Si](C)(C)C. The molecule has 0 aliphatic carbocycles. The number of benzene rings is 2. The van der Waals surface area contributed by atoms with Crippen molar-refractivity contribution in [3.05, 3.63) is 60.8 Å². The molecule has 0 saturated heterocycles. The van der Waals surface area contributed by atoms with Crippen LogP contribution in [0.4, 0.5) is 0 Å². The van der Waals surface area contributed by atoms with Gasteiger partial charge in [0.25, 0.3) is 0 Å². The van der Waals surface area contributed by atoms with E-state index >= 15 is 0 Å². The number of furan rings is 1. The molecular weight excluding hydrogens is 455 g/mol. The Morgan fingerprint density at radius 1 is 0.625 bits per heavy atom. The monoisotopic (exact) mass is 491 g/mol. The molecule has 168 valence electrons. The predicted molar refractivity (Wildman–Crippen MR) is 152 cm³/mol. The molecule has 2 aromatic heterocycles. The van der Waals surface area contributed by atoms with Gasteiger partial charge in [-0.15, -0.1) is 0 Å². The number of nitrogens with zero attached hydrogens (tertiary/aromatic N) is 1. The largest absolute Gasteiger partial charge is 0.455 e. The number of hydrogen-bond donors (Lipinski definition) is 0. The summed E-state index contributed by atoms with van der Waals surface area (Å²) in [5, 5.41) is 3.96. The molecule has 4 rings (SSSR count). The molecule has 0 spiro atoms. The van der Waals surface area contributed by atoms with Crippen molar-refractivity contribution < 1.29 is 4.42 Å². The molecule has 32 heavy (non-hydrogen) atoms. The molecule has 0 amide bonds. The minimum atomic E-state index is -1.65. The van der Waals surface area contributed by atoms with Gasteiger partial charge in [-0.2, -0.15) is 0 Å². The topological polar surface area (TPSA) is 26.0 Å². The van der Waals surface area contributed by atoms with Crippen molar-refractivity contribution in [3.63, 3.8) is 0 Å². The molecule has 6 heteroatoms. The van der Waals surface area contributed by atoms with Crippen molar-refractivity contribution in [2.75, 3.05) is 0 Å². The maximum Gasteiger partial charge on any atom is 0.144 e. The molecule has 0 aliphatic heterocycles. The van der Waals surface area contributed by atoms with E-state index < -0.39 is 29.4 Å². The average molecular weight is 492 g/mol. The molecule has 2 nitrogen and oxygen atoms in total. The smallest absolute Gasteiger partial charge is 0.144 e. The summed E-state index contributed by atoms with van der Waals surface area (Å²) >= 11 is 0. The fourth-order valence-corrected chi connectivity index (χ4v) is 107. The van der Waals surface area contributed by atoms with Crippen LogP contribution in [0.5, 0.6) is 0 Å². The van der Waals surface area contributed by atoms with Gasteiger partial charge in [0.15, 0.2) is 0 Å². The van der Waals surface area contributed by atoms with Crippen molar-refractivity contribution in [2.45, 2.75) is 58.9 Å². The molecule has 2 aromatic carbocycles. The van der Waals surface area contributed by atoms with Crippen LogP contribution in [0.1, 0.15) is 0 Å². The van der Waals surface area contributed by atoms with Gasteiger partial charge in [-0.05, 0) is 23.4 Å². The first-order valence-electron chi connectivity index (χ1n) is 11.7. The Hall–Kier alpha value is -1.74. The minimum absolute atomic E-state index is 0.939. The summed E-state index contributed by atoms with van der Waals surface area (Å²) in [7, 11) is -4.22. The lowest BCUT2D eigenvalue weighted by atomic mass is 10.1. The van der Waals surface area contributed by atoms with Crippen LogP contribution in [-0.4, -0.2) is 34.4 Å². The first-order valence-corrected chi connectivity index (χ1v) is 27.2. The molecule has 0 atom stereocenters. The lowest BCUT2D eigenvalue weighted by molar-refractivity contribution is 0.670. The van der Waals surface area contributed by atoms with Crippen LogP contribution in [0.15, 0.2) is 65.2 Å². The summed E-state index contributed by atoms with van der Waals surface area (Å²) in [5.41, 5.74) is 3.99. The van der Waals surface area contributed by atoms with E-state index in [9.17, 15) is 0 Å². The molecule has 0 aliphatic rings. The van der Waals surface area contributed by atoms with Crippen molar-refractivity contribution in [1.82, 2.24) is 4.98 Å². The fourth-order valence-electron chi connectivity index (χ4n) is 7.40. The van der Waals surface area contributed by atoms with Gasteiger partial charge in [-0.1, -0.05) is 95.3 Å². The highest BCUT2D eigenvalue weighted by atomic mass is 29.9. The predicted octanol–water partition coefficient (Wildman–Crippen LogP) is 7.55. The molecular formula is C26H37NOSi4. The lowest BCUT2D eigenvalue weighted by Gasteiger charge is -2.57. The van der Waals surface area contributed by atoms with E-state index in [0.29, 0.717) is 0 Å². The third-order valence-electron chi connectivity index (χ3n) is 7.25. The molecule has 0 unspecified atom stereocenters. The van der Waals surface area contributed by atoms with E-state index in [2.05, 4.69) is 108 Å². The Kier molecular flexibility index (Phi) is 5.60. The number of para-hydroxylation sites is 2. The number of pyridine rings is 1.